The summed E-state index contributed by atoms with van der Waals surface area (Å²) in [5, 5.41) is 4.82. The molecule has 5 nitrogen and oxygen atoms in total. The third-order valence-electron chi connectivity index (χ3n) is 2.56. The van der Waals surface area contributed by atoms with Gasteiger partial charge in [0, 0.05) is 12.7 Å². The van der Waals surface area contributed by atoms with Gasteiger partial charge in [0.25, 0.3) is 10.0 Å². The number of pyridine rings is 1. The zero-order chi connectivity index (χ0) is 13.9. The minimum atomic E-state index is -3.53. The fourth-order valence-electron chi connectivity index (χ4n) is 1.56. The van der Waals surface area contributed by atoms with Crippen molar-refractivity contribution in [2.75, 3.05) is 11.8 Å². The first-order valence-electron chi connectivity index (χ1n) is 5.68. The van der Waals surface area contributed by atoms with Gasteiger partial charge in [0.2, 0.25) is 0 Å². The average molecular weight is 297 g/mol. The van der Waals surface area contributed by atoms with Gasteiger partial charge in [0.05, 0.1) is 11.9 Å². The second-order valence-corrected chi connectivity index (χ2v) is 6.92. The van der Waals surface area contributed by atoms with Gasteiger partial charge in [-0.2, -0.15) is 0 Å². The molecule has 19 heavy (non-hydrogen) atoms. The Morgan fingerprint density at radius 1 is 1.42 bits per heavy atom. The summed E-state index contributed by atoms with van der Waals surface area (Å²) in [6, 6.07) is 3.44. The van der Waals surface area contributed by atoms with Crippen molar-refractivity contribution in [3.05, 3.63) is 41.0 Å². The summed E-state index contributed by atoms with van der Waals surface area (Å²) in [7, 11) is -1.71. The predicted molar refractivity (Wildman–Crippen MR) is 76.9 cm³/mol. The Morgan fingerprint density at radius 2 is 2.21 bits per heavy atom. The van der Waals surface area contributed by atoms with E-state index in [4.69, 9.17) is 0 Å². The van der Waals surface area contributed by atoms with Gasteiger partial charge in [0.15, 0.2) is 0 Å². The van der Waals surface area contributed by atoms with Crippen molar-refractivity contribution in [2.45, 2.75) is 17.7 Å². The highest BCUT2D eigenvalue weighted by Crippen LogP contribution is 2.24. The van der Waals surface area contributed by atoms with Crippen LogP contribution in [0.4, 0.5) is 5.69 Å². The predicted octanol–water partition coefficient (Wildman–Crippen LogP) is 1.97. The van der Waals surface area contributed by atoms with Crippen LogP contribution >= 0.6 is 11.3 Å². The van der Waals surface area contributed by atoms with Crippen LogP contribution < -0.4 is 10.0 Å². The molecule has 2 rings (SSSR count). The molecular weight excluding hydrogens is 282 g/mol. The number of thiophene rings is 1. The van der Waals surface area contributed by atoms with Crippen molar-refractivity contribution in [3.8, 4) is 0 Å². The Bertz CT molecular complexity index is 665. The van der Waals surface area contributed by atoms with Crippen LogP contribution in [0.1, 0.15) is 11.1 Å². The smallest absolute Gasteiger partial charge is 0.271 e. The molecule has 0 saturated heterocycles. The molecule has 0 aromatic carbocycles. The highest BCUT2D eigenvalue weighted by molar-refractivity contribution is 7.94. The van der Waals surface area contributed by atoms with Crippen LogP contribution in [-0.4, -0.2) is 20.4 Å². The van der Waals surface area contributed by atoms with E-state index in [-0.39, 0.29) is 0 Å². The standard InChI is InChI=1S/C12H15N3O2S2/c1-9-3-4-14-7-11(9)15-19(16,17)12-5-10(6-13-2)8-18-12/h3-5,7-8,13,15H,6H2,1-2H3. The molecule has 0 aliphatic heterocycles. The van der Waals surface area contributed by atoms with Crippen LogP contribution in [0.5, 0.6) is 0 Å². The third kappa shape index (κ3) is 3.31. The van der Waals surface area contributed by atoms with E-state index in [0.717, 1.165) is 11.1 Å². The topological polar surface area (TPSA) is 71.1 Å². The van der Waals surface area contributed by atoms with Crippen molar-refractivity contribution in [3.63, 3.8) is 0 Å². The number of nitrogens with zero attached hydrogens (tertiary/aromatic N) is 1. The fourth-order valence-corrected chi connectivity index (χ4v) is 3.88. The minimum absolute atomic E-state index is 0.306. The quantitative estimate of drug-likeness (QED) is 0.885. The molecule has 0 unspecified atom stereocenters. The van der Waals surface area contributed by atoms with Crippen LogP contribution in [0.15, 0.2) is 34.1 Å². The maximum Gasteiger partial charge on any atom is 0.271 e. The molecule has 2 heterocycles. The van der Waals surface area contributed by atoms with E-state index >= 15 is 0 Å². The molecule has 2 N–H and O–H groups in total. The molecule has 7 heteroatoms. The van der Waals surface area contributed by atoms with Crippen LogP contribution in [0.3, 0.4) is 0 Å². The van der Waals surface area contributed by atoms with Crippen molar-refractivity contribution in [1.82, 2.24) is 10.3 Å². The van der Waals surface area contributed by atoms with Crippen molar-refractivity contribution in [2.24, 2.45) is 0 Å². The highest BCUT2D eigenvalue weighted by atomic mass is 32.2. The molecule has 102 valence electrons. The summed E-state index contributed by atoms with van der Waals surface area (Å²) >= 11 is 1.21. The lowest BCUT2D eigenvalue weighted by Crippen LogP contribution is -2.12. The maximum atomic E-state index is 12.2. The average Bonchev–Trinajstić information content (AvgIpc) is 2.82. The van der Waals surface area contributed by atoms with Crippen LogP contribution in [-0.2, 0) is 16.6 Å². The summed E-state index contributed by atoms with van der Waals surface area (Å²) < 4.78 is 27.3. The summed E-state index contributed by atoms with van der Waals surface area (Å²) in [5.41, 5.74) is 2.30. The molecule has 0 aliphatic rings. The number of rotatable bonds is 5. The van der Waals surface area contributed by atoms with Gasteiger partial charge in [-0.3, -0.25) is 9.71 Å². The summed E-state index contributed by atoms with van der Waals surface area (Å²) in [4.78, 5) is 3.92. The Hall–Kier alpha value is -1.44. The molecule has 0 atom stereocenters. The molecule has 2 aromatic heterocycles. The Kier molecular flexibility index (Phi) is 4.18. The molecule has 0 aliphatic carbocycles. The zero-order valence-corrected chi connectivity index (χ0v) is 12.3. The van der Waals surface area contributed by atoms with E-state index in [2.05, 4.69) is 15.0 Å². The van der Waals surface area contributed by atoms with Gasteiger partial charge < -0.3 is 5.32 Å². The van der Waals surface area contributed by atoms with Gasteiger partial charge in [0.1, 0.15) is 4.21 Å². The van der Waals surface area contributed by atoms with Crippen LogP contribution in [0, 0.1) is 6.92 Å². The lowest BCUT2D eigenvalue weighted by molar-refractivity contribution is 0.603. The molecule has 0 saturated carbocycles. The molecular formula is C12H15N3O2S2. The van der Waals surface area contributed by atoms with E-state index < -0.39 is 10.0 Å². The number of nitrogens with one attached hydrogen (secondary N) is 2. The molecule has 2 aromatic rings. The van der Waals surface area contributed by atoms with Gasteiger partial charge in [-0.1, -0.05) is 0 Å². The van der Waals surface area contributed by atoms with Crippen molar-refractivity contribution in [1.29, 1.82) is 0 Å². The number of hydrogen-bond donors (Lipinski definition) is 2. The highest BCUT2D eigenvalue weighted by Gasteiger charge is 2.17. The SMILES string of the molecule is CNCc1csc(S(=O)(=O)Nc2cnccc2C)c1. The van der Waals surface area contributed by atoms with Crippen LogP contribution in [0.25, 0.3) is 0 Å². The second-order valence-electron chi connectivity index (χ2n) is 4.10. The normalized spacial score (nSPS) is 11.5. The third-order valence-corrected chi connectivity index (χ3v) is 5.41. The van der Waals surface area contributed by atoms with E-state index in [0.29, 0.717) is 16.4 Å². The Balaban J connectivity index is 2.25. The first kappa shape index (κ1) is 14.0. The van der Waals surface area contributed by atoms with Crippen molar-refractivity contribution < 1.29 is 8.42 Å². The Labute approximate surface area is 116 Å². The molecule has 0 radical (unpaired) electrons. The molecule has 0 fully saturated rings. The van der Waals surface area contributed by atoms with Crippen LogP contribution in [0.2, 0.25) is 0 Å². The Morgan fingerprint density at radius 3 is 2.89 bits per heavy atom. The minimum Gasteiger partial charge on any atom is -0.316 e. The summed E-state index contributed by atoms with van der Waals surface area (Å²) in [6.45, 7) is 2.48. The largest absolute Gasteiger partial charge is 0.316 e. The van der Waals surface area contributed by atoms with Gasteiger partial charge in [-0.05, 0) is 42.6 Å². The number of aromatic nitrogens is 1. The molecule has 0 bridgehead atoms. The number of hydrogen-bond acceptors (Lipinski definition) is 5. The van der Waals surface area contributed by atoms with Gasteiger partial charge in [-0.15, -0.1) is 11.3 Å². The number of anilines is 1. The first-order chi connectivity index (χ1) is 9.03. The number of aryl methyl sites for hydroxylation is 1. The summed E-state index contributed by atoms with van der Waals surface area (Å²) in [5.74, 6) is 0. The first-order valence-corrected chi connectivity index (χ1v) is 8.04. The second kappa shape index (κ2) is 5.68. The van der Waals surface area contributed by atoms with Gasteiger partial charge >= 0.3 is 0 Å². The van der Waals surface area contributed by atoms with E-state index in [1.54, 1.807) is 18.3 Å². The maximum absolute atomic E-state index is 12.2. The van der Waals surface area contributed by atoms with Crippen molar-refractivity contribution >= 4 is 27.0 Å². The molecule has 0 amide bonds. The lowest BCUT2D eigenvalue weighted by Gasteiger charge is -2.07. The lowest BCUT2D eigenvalue weighted by atomic mass is 10.3. The molecule has 0 spiro atoms. The monoisotopic (exact) mass is 297 g/mol. The number of sulfonamides is 1. The fraction of sp³-hybridized carbons (Fsp3) is 0.250. The van der Waals surface area contributed by atoms with Gasteiger partial charge in [-0.25, -0.2) is 8.42 Å². The zero-order valence-electron chi connectivity index (χ0n) is 10.7. The van der Waals surface area contributed by atoms with E-state index in [1.807, 2.05) is 19.4 Å². The van der Waals surface area contributed by atoms with E-state index in [1.165, 1.54) is 17.5 Å². The van der Waals surface area contributed by atoms with E-state index in [9.17, 15) is 8.42 Å². The summed E-state index contributed by atoms with van der Waals surface area (Å²) in [6.07, 6.45) is 3.14.